The number of benzene rings is 1. The molecule has 1 aliphatic heterocycles. The van der Waals surface area contributed by atoms with E-state index >= 15 is 0 Å². The lowest BCUT2D eigenvalue weighted by Crippen LogP contribution is -2.28. The molecular weight excluding hydrogens is 330 g/mol. The van der Waals surface area contributed by atoms with Gasteiger partial charge in [0.05, 0.1) is 22.8 Å². The summed E-state index contributed by atoms with van der Waals surface area (Å²) in [5.41, 5.74) is 2.91. The molecule has 3 N–H and O–H groups in total. The first-order valence-corrected chi connectivity index (χ1v) is 8.86. The second-order valence-corrected chi connectivity index (χ2v) is 6.59. The molecule has 1 aliphatic rings. The van der Waals surface area contributed by atoms with Gasteiger partial charge in [-0.1, -0.05) is 6.07 Å². The van der Waals surface area contributed by atoms with Crippen LogP contribution in [0, 0.1) is 0 Å². The minimum absolute atomic E-state index is 0.0334. The van der Waals surface area contributed by atoms with Gasteiger partial charge in [0.1, 0.15) is 0 Å². The first-order chi connectivity index (χ1) is 12.7. The van der Waals surface area contributed by atoms with E-state index in [9.17, 15) is 9.59 Å². The van der Waals surface area contributed by atoms with E-state index < -0.39 is 0 Å². The summed E-state index contributed by atoms with van der Waals surface area (Å²) in [5, 5.41) is 2.90. The Morgan fingerprint density at radius 1 is 1.23 bits per heavy atom. The van der Waals surface area contributed by atoms with Crippen LogP contribution in [0.4, 0.5) is 5.69 Å². The molecule has 0 radical (unpaired) electrons. The number of imidazole rings is 1. The van der Waals surface area contributed by atoms with Crippen LogP contribution in [0.1, 0.15) is 31.0 Å². The molecule has 1 saturated heterocycles. The third-order valence-electron chi connectivity index (χ3n) is 4.82. The smallest absolute Gasteiger partial charge is 0.323 e. The number of fused-ring (bicyclic) bond motifs is 1. The normalized spacial score (nSPS) is 17.6. The van der Waals surface area contributed by atoms with Crippen molar-refractivity contribution in [2.75, 3.05) is 18.4 Å². The Balaban J connectivity index is 1.36. The Bertz CT molecular complexity index is 963. The molecule has 1 amide bonds. The summed E-state index contributed by atoms with van der Waals surface area (Å²) in [6.07, 6.45) is 4.45. The lowest BCUT2D eigenvalue weighted by Gasteiger charge is -2.23. The zero-order chi connectivity index (χ0) is 17.9. The fraction of sp³-hybridized carbons (Fsp3) is 0.316. The van der Waals surface area contributed by atoms with E-state index in [1.54, 1.807) is 18.2 Å². The molecule has 0 bridgehead atoms. The number of aromatic nitrogens is 3. The van der Waals surface area contributed by atoms with Crippen LogP contribution in [0.15, 0.2) is 47.4 Å². The zero-order valence-electron chi connectivity index (χ0n) is 14.4. The van der Waals surface area contributed by atoms with Gasteiger partial charge in [0.2, 0.25) is 5.91 Å². The Hall–Kier alpha value is -2.93. The van der Waals surface area contributed by atoms with Crippen LogP contribution in [0.25, 0.3) is 11.0 Å². The maximum Gasteiger partial charge on any atom is 0.323 e. The van der Waals surface area contributed by atoms with Crippen molar-refractivity contribution >= 4 is 22.6 Å². The van der Waals surface area contributed by atoms with Crippen molar-refractivity contribution in [2.24, 2.45) is 0 Å². The zero-order valence-corrected chi connectivity index (χ0v) is 14.4. The number of aromatic amines is 2. The van der Waals surface area contributed by atoms with Gasteiger partial charge in [-0.25, -0.2) is 4.79 Å². The summed E-state index contributed by atoms with van der Waals surface area (Å²) in [4.78, 5) is 35.8. The maximum absolute atomic E-state index is 12.3. The van der Waals surface area contributed by atoms with Gasteiger partial charge in [-0.15, -0.1) is 0 Å². The predicted octanol–water partition coefficient (Wildman–Crippen LogP) is 2.42. The van der Waals surface area contributed by atoms with Crippen LogP contribution >= 0.6 is 0 Å². The number of H-pyrrole nitrogens is 2. The molecule has 4 rings (SSSR count). The van der Waals surface area contributed by atoms with E-state index in [0.29, 0.717) is 30.2 Å². The van der Waals surface area contributed by atoms with Gasteiger partial charge in [0.15, 0.2) is 0 Å². The molecule has 0 spiro atoms. The number of likely N-dealkylation sites (tertiary alicyclic amines) is 1. The van der Waals surface area contributed by atoms with Gasteiger partial charge in [-0.05, 0) is 49.7 Å². The first kappa shape index (κ1) is 16.5. The highest BCUT2D eigenvalue weighted by Gasteiger charge is 2.26. The molecule has 7 nitrogen and oxygen atoms in total. The summed E-state index contributed by atoms with van der Waals surface area (Å²) in [7, 11) is 0. The van der Waals surface area contributed by atoms with Crippen molar-refractivity contribution in [3.8, 4) is 0 Å². The van der Waals surface area contributed by atoms with Gasteiger partial charge in [0.25, 0.3) is 0 Å². The fourth-order valence-electron chi connectivity index (χ4n) is 3.58. The molecule has 2 aromatic heterocycles. The van der Waals surface area contributed by atoms with Gasteiger partial charge in [0, 0.05) is 24.8 Å². The number of pyridine rings is 1. The number of anilines is 1. The van der Waals surface area contributed by atoms with Gasteiger partial charge >= 0.3 is 5.69 Å². The molecule has 26 heavy (non-hydrogen) atoms. The Labute approximate surface area is 150 Å². The lowest BCUT2D eigenvalue weighted by molar-refractivity contribution is -0.116. The Morgan fingerprint density at radius 2 is 2.12 bits per heavy atom. The van der Waals surface area contributed by atoms with E-state index in [1.165, 1.54) is 0 Å². The van der Waals surface area contributed by atoms with Crippen LogP contribution in [-0.4, -0.2) is 38.8 Å². The monoisotopic (exact) mass is 351 g/mol. The predicted molar refractivity (Wildman–Crippen MR) is 100.0 cm³/mol. The lowest BCUT2D eigenvalue weighted by atomic mass is 10.1. The molecule has 134 valence electrons. The molecule has 0 saturated carbocycles. The van der Waals surface area contributed by atoms with Gasteiger partial charge in [-0.3, -0.25) is 14.7 Å². The minimum Gasteiger partial charge on any atom is -0.326 e. The van der Waals surface area contributed by atoms with E-state index in [2.05, 4.69) is 31.2 Å². The highest BCUT2D eigenvalue weighted by Crippen LogP contribution is 2.30. The van der Waals surface area contributed by atoms with Crippen LogP contribution < -0.4 is 11.0 Å². The van der Waals surface area contributed by atoms with Crippen LogP contribution in [0.5, 0.6) is 0 Å². The first-order valence-electron chi connectivity index (χ1n) is 8.86. The SMILES string of the molecule is O=C(CCN1CCC[C@@H]1c1ccccn1)Nc1ccc2[nH]c(=O)[nH]c2c1. The second kappa shape index (κ2) is 7.13. The molecule has 7 heteroatoms. The van der Waals surface area contributed by atoms with E-state index in [1.807, 2.05) is 18.3 Å². The van der Waals surface area contributed by atoms with Crippen molar-refractivity contribution in [3.63, 3.8) is 0 Å². The number of nitrogens with zero attached hydrogens (tertiary/aromatic N) is 2. The summed E-state index contributed by atoms with van der Waals surface area (Å²) in [5.74, 6) is -0.0334. The number of hydrogen-bond acceptors (Lipinski definition) is 4. The molecule has 3 aromatic rings. The van der Waals surface area contributed by atoms with E-state index in [4.69, 9.17) is 0 Å². The molecule has 1 aromatic carbocycles. The van der Waals surface area contributed by atoms with Crippen molar-refractivity contribution in [2.45, 2.75) is 25.3 Å². The number of nitrogens with one attached hydrogen (secondary N) is 3. The molecule has 0 unspecified atom stereocenters. The highest BCUT2D eigenvalue weighted by atomic mass is 16.1. The number of carbonyl (C=O) groups excluding carboxylic acids is 1. The topological polar surface area (TPSA) is 93.9 Å². The molecular formula is C19H21N5O2. The van der Waals surface area contributed by atoms with Gasteiger partial charge in [-0.2, -0.15) is 0 Å². The Kier molecular flexibility index (Phi) is 4.53. The largest absolute Gasteiger partial charge is 0.326 e. The van der Waals surface area contributed by atoms with Crippen LogP contribution in [0.3, 0.4) is 0 Å². The van der Waals surface area contributed by atoms with Gasteiger partial charge < -0.3 is 15.3 Å². The minimum atomic E-state index is -0.252. The summed E-state index contributed by atoms with van der Waals surface area (Å²) in [6.45, 7) is 1.70. The average Bonchev–Trinajstić information content (AvgIpc) is 3.25. The summed E-state index contributed by atoms with van der Waals surface area (Å²) < 4.78 is 0. The van der Waals surface area contributed by atoms with Crippen molar-refractivity contribution in [1.29, 1.82) is 0 Å². The number of amides is 1. The fourth-order valence-corrected chi connectivity index (χ4v) is 3.58. The molecule has 3 heterocycles. The average molecular weight is 351 g/mol. The standard InChI is InChI=1S/C19H21N5O2/c25-18(21-13-6-7-14-16(12-13)23-19(26)22-14)8-11-24-10-3-5-17(24)15-4-1-2-9-20-15/h1-2,4,6-7,9,12,17H,3,5,8,10-11H2,(H,21,25)(H2,22,23,26)/t17-/m1/s1. The second-order valence-electron chi connectivity index (χ2n) is 6.59. The van der Waals surface area contributed by atoms with E-state index in [0.717, 1.165) is 30.6 Å². The molecule has 0 aliphatic carbocycles. The highest BCUT2D eigenvalue weighted by molar-refractivity contribution is 5.93. The summed E-state index contributed by atoms with van der Waals surface area (Å²) >= 11 is 0. The van der Waals surface area contributed by atoms with Crippen LogP contribution in [0.2, 0.25) is 0 Å². The quantitative estimate of drug-likeness (QED) is 0.658. The van der Waals surface area contributed by atoms with Crippen molar-refractivity contribution < 1.29 is 4.79 Å². The third-order valence-corrected chi connectivity index (χ3v) is 4.82. The maximum atomic E-state index is 12.3. The van der Waals surface area contributed by atoms with Crippen LogP contribution in [-0.2, 0) is 4.79 Å². The van der Waals surface area contributed by atoms with Crippen molar-refractivity contribution in [3.05, 3.63) is 58.8 Å². The number of carbonyl (C=O) groups is 1. The van der Waals surface area contributed by atoms with E-state index in [-0.39, 0.29) is 11.6 Å². The number of rotatable bonds is 5. The molecule has 1 atom stereocenters. The summed E-state index contributed by atoms with van der Waals surface area (Å²) in [6, 6.07) is 11.6. The number of hydrogen-bond donors (Lipinski definition) is 3. The molecule has 1 fully saturated rings. The Morgan fingerprint density at radius 3 is 2.96 bits per heavy atom. The van der Waals surface area contributed by atoms with Crippen molar-refractivity contribution in [1.82, 2.24) is 19.9 Å². The third kappa shape index (κ3) is 3.52.